The van der Waals surface area contributed by atoms with Crippen LogP contribution in [-0.4, -0.2) is 24.2 Å². The lowest BCUT2D eigenvalue weighted by atomic mass is 9.89. The number of para-hydroxylation sites is 1. The molecular weight excluding hydrogens is 226 g/mol. The molecule has 1 N–H and O–H groups in total. The van der Waals surface area contributed by atoms with Gasteiger partial charge in [-0.1, -0.05) is 38.5 Å². The van der Waals surface area contributed by atoms with Crippen molar-refractivity contribution < 1.29 is 9.90 Å². The van der Waals surface area contributed by atoms with Crippen molar-refractivity contribution in [1.82, 2.24) is 0 Å². The van der Waals surface area contributed by atoms with Gasteiger partial charge in [0.25, 0.3) is 0 Å². The molecule has 3 heteroatoms. The number of rotatable bonds is 4. The number of hydrogen-bond acceptors (Lipinski definition) is 2. The summed E-state index contributed by atoms with van der Waals surface area (Å²) in [6.07, 6.45) is 1.86. The van der Waals surface area contributed by atoms with Crippen LogP contribution >= 0.6 is 0 Å². The first-order chi connectivity index (χ1) is 8.63. The molecule has 1 aliphatic rings. The van der Waals surface area contributed by atoms with Crippen LogP contribution in [0.15, 0.2) is 24.3 Å². The summed E-state index contributed by atoms with van der Waals surface area (Å²) in [7, 11) is 0. The molecule has 1 aliphatic heterocycles. The molecule has 0 saturated carbocycles. The van der Waals surface area contributed by atoms with Gasteiger partial charge < -0.3 is 10.0 Å². The zero-order valence-corrected chi connectivity index (χ0v) is 11.1. The number of carboxylic acid groups (broad SMARTS) is 1. The number of benzene rings is 1. The first-order valence-corrected chi connectivity index (χ1v) is 6.70. The molecule has 0 fully saturated rings. The Labute approximate surface area is 108 Å². The van der Waals surface area contributed by atoms with Crippen molar-refractivity contribution >= 4 is 11.7 Å². The van der Waals surface area contributed by atoms with E-state index in [-0.39, 0.29) is 5.92 Å². The van der Waals surface area contributed by atoms with Crippen molar-refractivity contribution in [2.75, 3.05) is 18.0 Å². The van der Waals surface area contributed by atoms with Crippen LogP contribution in [0.3, 0.4) is 0 Å². The predicted molar refractivity (Wildman–Crippen MR) is 73.1 cm³/mol. The molecule has 3 nitrogen and oxygen atoms in total. The van der Waals surface area contributed by atoms with Gasteiger partial charge in [0.05, 0.1) is 5.92 Å². The van der Waals surface area contributed by atoms with E-state index >= 15 is 0 Å². The van der Waals surface area contributed by atoms with Gasteiger partial charge in [0.2, 0.25) is 0 Å². The summed E-state index contributed by atoms with van der Waals surface area (Å²) < 4.78 is 0. The van der Waals surface area contributed by atoms with Gasteiger partial charge in [0.1, 0.15) is 0 Å². The number of nitrogens with zero attached hydrogens (tertiary/aromatic N) is 1. The molecule has 0 aromatic heterocycles. The van der Waals surface area contributed by atoms with Crippen LogP contribution in [0.25, 0.3) is 0 Å². The number of fused-ring (bicyclic) bond motifs is 1. The summed E-state index contributed by atoms with van der Waals surface area (Å²) in [5, 5.41) is 9.28. The molecule has 0 spiro atoms. The van der Waals surface area contributed by atoms with Gasteiger partial charge in [0.15, 0.2) is 0 Å². The summed E-state index contributed by atoms with van der Waals surface area (Å²) in [5.41, 5.74) is 2.08. The van der Waals surface area contributed by atoms with Crippen molar-refractivity contribution in [3.63, 3.8) is 0 Å². The Morgan fingerprint density at radius 1 is 1.50 bits per heavy atom. The van der Waals surface area contributed by atoms with Crippen LogP contribution in [0.2, 0.25) is 0 Å². The molecule has 2 rings (SSSR count). The van der Waals surface area contributed by atoms with Gasteiger partial charge in [-0.15, -0.1) is 0 Å². The summed E-state index contributed by atoms with van der Waals surface area (Å²) in [4.78, 5) is 13.6. The van der Waals surface area contributed by atoms with Crippen LogP contribution in [0.1, 0.15) is 38.2 Å². The van der Waals surface area contributed by atoms with Gasteiger partial charge in [-0.2, -0.15) is 0 Å². The van der Waals surface area contributed by atoms with E-state index < -0.39 is 5.97 Å². The van der Waals surface area contributed by atoms with Crippen molar-refractivity contribution in [1.29, 1.82) is 0 Å². The third-order valence-corrected chi connectivity index (χ3v) is 3.87. The Morgan fingerprint density at radius 3 is 2.89 bits per heavy atom. The first kappa shape index (κ1) is 12.9. The lowest BCUT2D eigenvalue weighted by Crippen LogP contribution is -2.36. The van der Waals surface area contributed by atoms with Crippen LogP contribution in [0, 0.1) is 5.92 Å². The van der Waals surface area contributed by atoms with E-state index in [9.17, 15) is 9.90 Å². The van der Waals surface area contributed by atoms with Crippen molar-refractivity contribution in [2.45, 2.75) is 32.6 Å². The lowest BCUT2D eigenvalue weighted by Gasteiger charge is -2.35. The number of carboxylic acids is 1. The normalized spacial score (nSPS) is 20.3. The van der Waals surface area contributed by atoms with Gasteiger partial charge in [0, 0.05) is 18.8 Å². The van der Waals surface area contributed by atoms with Gasteiger partial charge in [-0.25, -0.2) is 0 Å². The van der Waals surface area contributed by atoms with E-state index in [2.05, 4.69) is 18.7 Å². The molecule has 1 aromatic carbocycles. The molecule has 0 aliphatic carbocycles. The fraction of sp³-hybridized carbons (Fsp3) is 0.533. The average Bonchev–Trinajstić information content (AvgIpc) is 2.38. The lowest BCUT2D eigenvalue weighted by molar-refractivity contribution is -0.139. The number of aliphatic carboxylic acids is 1. The van der Waals surface area contributed by atoms with Crippen LogP contribution in [0.5, 0.6) is 0 Å². The second-order valence-corrected chi connectivity index (χ2v) is 5.20. The molecule has 0 radical (unpaired) electrons. The maximum atomic E-state index is 11.3. The maximum absolute atomic E-state index is 11.3. The molecule has 2 unspecified atom stereocenters. The highest BCUT2D eigenvalue weighted by Gasteiger charge is 2.29. The van der Waals surface area contributed by atoms with Gasteiger partial charge in [-0.05, 0) is 24.0 Å². The Hall–Kier alpha value is -1.51. The quantitative estimate of drug-likeness (QED) is 0.888. The highest BCUT2D eigenvalue weighted by Crippen LogP contribution is 2.35. The highest BCUT2D eigenvalue weighted by molar-refractivity contribution is 5.80. The van der Waals surface area contributed by atoms with Crippen molar-refractivity contribution in [3.8, 4) is 0 Å². The average molecular weight is 247 g/mol. The van der Waals surface area contributed by atoms with E-state index in [1.165, 1.54) is 0 Å². The molecular formula is C15H21NO2. The summed E-state index contributed by atoms with van der Waals surface area (Å²) in [6, 6.07) is 7.93. The minimum atomic E-state index is -0.703. The molecule has 0 saturated heterocycles. The zero-order valence-electron chi connectivity index (χ0n) is 11.1. The summed E-state index contributed by atoms with van der Waals surface area (Å²) >= 11 is 0. The second kappa shape index (κ2) is 5.42. The van der Waals surface area contributed by atoms with Crippen LogP contribution in [-0.2, 0) is 4.79 Å². The van der Waals surface area contributed by atoms with E-state index in [1.807, 2.05) is 24.3 Å². The van der Waals surface area contributed by atoms with E-state index in [4.69, 9.17) is 0 Å². The Bertz CT molecular complexity index is 430. The SMILES string of the molecule is CCC(C)CN1CCC(C(=O)O)c2ccccc21. The third-order valence-electron chi connectivity index (χ3n) is 3.87. The summed E-state index contributed by atoms with van der Waals surface area (Å²) in [5.74, 6) is -0.403. The van der Waals surface area contributed by atoms with E-state index in [0.717, 1.165) is 30.8 Å². The minimum Gasteiger partial charge on any atom is -0.481 e. The molecule has 98 valence electrons. The molecule has 0 amide bonds. The smallest absolute Gasteiger partial charge is 0.311 e. The second-order valence-electron chi connectivity index (χ2n) is 5.20. The molecule has 2 atom stereocenters. The van der Waals surface area contributed by atoms with Crippen molar-refractivity contribution in [2.24, 2.45) is 5.92 Å². The predicted octanol–water partition coefficient (Wildman–Crippen LogP) is 3.11. The van der Waals surface area contributed by atoms with Gasteiger partial charge in [-0.3, -0.25) is 4.79 Å². The summed E-state index contributed by atoms with van der Waals surface area (Å²) in [6.45, 7) is 6.30. The highest BCUT2D eigenvalue weighted by atomic mass is 16.4. The number of hydrogen-bond donors (Lipinski definition) is 1. The van der Waals surface area contributed by atoms with E-state index in [0.29, 0.717) is 12.3 Å². The molecule has 0 bridgehead atoms. The molecule has 18 heavy (non-hydrogen) atoms. The van der Waals surface area contributed by atoms with Crippen LogP contribution in [0.4, 0.5) is 5.69 Å². The molecule has 1 heterocycles. The fourth-order valence-corrected chi connectivity index (χ4v) is 2.58. The minimum absolute atomic E-state index is 0.339. The zero-order chi connectivity index (χ0) is 13.1. The van der Waals surface area contributed by atoms with Crippen molar-refractivity contribution in [3.05, 3.63) is 29.8 Å². The molecule has 1 aromatic rings. The number of carbonyl (C=O) groups is 1. The van der Waals surface area contributed by atoms with E-state index in [1.54, 1.807) is 0 Å². The maximum Gasteiger partial charge on any atom is 0.311 e. The van der Waals surface area contributed by atoms with Crippen LogP contribution < -0.4 is 4.90 Å². The number of anilines is 1. The Kier molecular flexibility index (Phi) is 3.90. The fourth-order valence-electron chi connectivity index (χ4n) is 2.58. The standard InChI is InChI=1S/C15H21NO2/c1-3-11(2)10-16-9-8-13(15(17)18)12-6-4-5-7-14(12)16/h4-7,11,13H,3,8-10H2,1-2H3,(H,17,18). The topological polar surface area (TPSA) is 40.5 Å². The Balaban J connectivity index is 2.27. The first-order valence-electron chi connectivity index (χ1n) is 6.70. The third kappa shape index (κ3) is 2.50. The van der Waals surface area contributed by atoms with Gasteiger partial charge >= 0.3 is 5.97 Å². The monoisotopic (exact) mass is 247 g/mol. The Morgan fingerprint density at radius 2 is 2.22 bits per heavy atom. The largest absolute Gasteiger partial charge is 0.481 e.